The first-order chi connectivity index (χ1) is 6.88. The van der Waals surface area contributed by atoms with E-state index in [0.29, 0.717) is 5.56 Å². The summed E-state index contributed by atoms with van der Waals surface area (Å²) in [4.78, 5) is 0. The average molecular weight is 211 g/mol. The molecule has 0 bridgehead atoms. The van der Waals surface area contributed by atoms with Crippen molar-refractivity contribution in [2.75, 3.05) is 6.61 Å². The van der Waals surface area contributed by atoms with Gasteiger partial charge in [0.25, 0.3) is 0 Å². The van der Waals surface area contributed by atoms with E-state index in [2.05, 4.69) is 0 Å². The molecule has 1 aromatic rings. The molecule has 0 aliphatic carbocycles. The Labute approximate surface area is 89.0 Å². The molecule has 0 saturated carbocycles. The van der Waals surface area contributed by atoms with Gasteiger partial charge in [0.05, 0.1) is 0 Å². The highest BCUT2D eigenvalue weighted by Crippen LogP contribution is 2.34. The van der Waals surface area contributed by atoms with Crippen LogP contribution in [0.2, 0.25) is 0 Å². The van der Waals surface area contributed by atoms with Crippen molar-refractivity contribution in [2.24, 2.45) is 11.1 Å². The number of phenols is 2. The van der Waals surface area contributed by atoms with Crippen LogP contribution < -0.4 is 5.73 Å². The van der Waals surface area contributed by atoms with E-state index in [1.807, 2.05) is 13.8 Å². The first-order valence-electron chi connectivity index (χ1n) is 4.77. The number of rotatable bonds is 3. The lowest BCUT2D eigenvalue weighted by atomic mass is 9.82. The zero-order chi connectivity index (χ0) is 11.6. The molecule has 0 aliphatic heterocycles. The van der Waals surface area contributed by atoms with Gasteiger partial charge in [-0.25, -0.2) is 0 Å². The molecule has 84 valence electrons. The summed E-state index contributed by atoms with van der Waals surface area (Å²) in [6.45, 7) is 3.62. The van der Waals surface area contributed by atoms with Crippen LogP contribution in [0.25, 0.3) is 0 Å². The van der Waals surface area contributed by atoms with E-state index < -0.39 is 11.5 Å². The monoisotopic (exact) mass is 211 g/mol. The molecule has 0 unspecified atom stereocenters. The molecule has 5 N–H and O–H groups in total. The minimum absolute atomic E-state index is 0.0458. The molecule has 0 amide bonds. The highest BCUT2D eigenvalue weighted by Gasteiger charge is 2.27. The molecule has 0 aromatic heterocycles. The number of aromatic hydroxyl groups is 2. The maximum atomic E-state index is 9.32. The maximum absolute atomic E-state index is 9.32. The summed E-state index contributed by atoms with van der Waals surface area (Å²) in [5, 5.41) is 27.6. The van der Waals surface area contributed by atoms with Crippen LogP contribution in [0.4, 0.5) is 0 Å². The molecule has 4 nitrogen and oxygen atoms in total. The Hall–Kier alpha value is -1.26. The average Bonchev–Trinajstić information content (AvgIpc) is 2.21. The predicted molar refractivity (Wildman–Crippen MR) is 57.6 cm³/mol. The third-order valence-electron chi connectivity index (χ3n) is 2.61. The topological polar surface area (TPSA) is 86.7 Å². The van der Waals surface area contributed by atoms with E-state index in [0.717, 1.165) is 0 Å². The van der Waals surface area contributed by atoms with Gasteiger partial charge in [0.1, 0.15) is 0 Å². The van der Waals surface area contributed by atoms with Crippen LogP contribution in [-0.4, -0.2) is 21.9 Å². The van der Waals surface area contributed by atoms with Crippen LogP contribution in [0.5, 0.6) is 11.5 Å². The molecule has 1 atom stereocenters. The molecule has 0 aliphatic rings. The molecule has 4 heteroatoms. The summed E-state index contributed by atoms with van der Waals surface area (Å²) in [6, 6.07) is 4.04. The summed E-state index contributed by atoms with van der Waals surface area (Å²) in [7, 11) is 0. The van der Waals surface area contributed by atoms with Gasteiger partial charge in [-0.3, -0.25) is 0 Å². The van der Waals surface area contributed by atoms with Gasteiger partial charge < -0.3 is 21.1 Å². The Bertz CT molecular complexity index is 350. The van der Waals surface area contributed by atoms with Crippen molar-refractivity contribution in [3.63, 3.8) is 0 Å². The van der Waals surface area contributed by atoms with E-state index in [-0.39, 0.29) is 18.1 Å². The first kappa shape index (κ1) is 11.8. The van der Waals surface area contributed by atoms with Gasteiger partial charge in [-0.2, -0.15) is 0 Å². The van der Waals surface area contributed by atoms with Gasteiger partial charge in [-0.15, -0.1) is 0 Å². The second-order valence-electron chi connectivity index (χ2n) is 4.37. The van der Waals surface area contributed by atoms with Crippen molar-refractivity contribution >= 4 is 0 Å². The largest absolute Gasteiger partial charge is 0.504 e. The summed E-state index contributed by atoms with van der Waals surface area (Å²) in [5.74, 6) is -0.371. The molecule has 0 heterocycles. The Morgan fingerprint density at radius 1 is 1.27 bits per heavy atom. The fourth-order valence-corrected chi connectivity index (χ4v) is 1.28. The number of aliphatic hydroxyl groups excluding tert-OH is 1. The summed E-state index contributed by atoms with van der Waals surface area (Å²) < 4.78 is 0. The second kappa shape index (κ2) is 4.08. The second-order valence-corrected chi connectivity index (χ2v) is 4.37. The number of benzene rings is 1. The third kappa shape index (κ3) is 2.40. The van der Waals surface area contributed by atoms with Crippen LogP contribution in [0.15, 0.2) is 18.2 Å². The van der Waals surface area contributed by atoms with E-state index in [1.54, 1.807) is 6.07 Å². The molecule has 1 aromatic carbocycles. The van der Waals surface area contributed by atoms with Gasteiger partial charge in [0, 0.05) is 18.1 Å². The smallest absolute Gasteiger partial charge is 0.157 e. The van der Waals surface area contributed by atoms with Crippen LogP contribution >= 0.6 is 0 Å². The van der Waals surface area contributed by atoms with Gasteiger partial charge in [0.15, 0.2) is 11.5 Å². The minimum atomic E-state index is -0.469. The molecular weight excluding hydrogens is 194 g/mol. The summed E-state index contributed by atoms with van der Waals surface area (Å²) in [6.07, 6.45) is 0. The van der Waals surface area contributed by atoms with Crippen molar-refractivity contribution in [1.29, 1.82) is 0 Å². The number of hydrogen-bond acceptors (Lipinski definition) is 4. The van der Waals surface area contributed by atoms with E-state index in [4.69, 9.17) is 15.9 Å². The number of phenolic OH excluding ortho intramolecular Hbond substituents is 2. The SMILES string of the molecule is CC(C)(CO)[C@@H](N)c1ccc(O)c(O)c1. The molecular formula is C11H17NO3. The summed E-state index contributed by atoms with van der Waals surface area (Å²) >= 11 is 0. The van der Waals surface area contributed by atoms with Gasteiger partial charge in [-0.1, -0.05) is 19.9 Å². The van der Waals surface area contributed by atoms with Gasteiger partial charge in [-0.05, 0) is 17.7 Å². The Balaban J connectivity index is 3.02. The fourth-order valence-electron chi connectivity index (χ4n) is 1.28. The fraction of sp³-hybridized carbons (Fsp3) is 0.455. The van der Waals surface area contributed by atoms with Crippen molar-refractivity contribution in [2.45, 2.75) is 19.9 Å². The number of nitrogens with two attached hydrogens (primary N) is 1. The molecule has 0 fully saturated rings. The van der Waals surface area contributed by atoms with Crippen molar-refractivity contribution in [1.82, 2.24) is 0 Å². The highest BCUT2D eigenvalue weighted by atomic mass is 16.3. The normalized spacial score (nSPS) is 13.9. The minimum Gasteiger partial charge on any atom is -0.504 e. The Morgan fingerprint density at radius 3 is 2.33 bits per heavy atom. The van der Waals surface area contributed by atoms with E-state index in [1.165, 1.54) is 12.1 Å². The molecule has 1 rings (SSSR count). The third-order valence-corrected chi connectivity index (χ3v) is 2.61. The quantitative estimate of drug-likeness (QED) is 0.564. The predicted octanol–water partition coefficient (Wildman–Crippen LogP) is 1.12. The van der Waals surface area contributed by atoms with E-state index in [9.17, 15) is 5.11 Å². The van der Waals surface area contributed by atoms with Crippen LogP contribution in [0.3, 0.4) is 0 Å². The lowest BCUT2D eigenvalue weighted by molar-refractivity contribution is 0.132. The Morgan fingerprint density at radius 2 is 1.87 bits per heavy atom. The van der Waals surface area contributed by atoms with Gasteiger partial charge in [0.2, 0.25) is 0 Å². The van der Waals surface area contributed by atoms with Crippen LogP contribution in [0.1, 0.15) is 25.5 Å². The van der Waals surface area contributed by atoms with Crippen molar-refractivity contribution < 1.29 is 15.3 Å². The molecule has 0 spiro atoms. The lowest BCUT2D eigenvalue weighted by Gasteiger charge is -2.29. The zero-order valence-electron chi connectivity index (χ0n) is 8.94. The lowest BCUT2D eigenvalue weighted by Crippen LogP contribution is -2.32. The standard InChI is InChI=1S/C11H17NO3/c1-11(2,6-13)10(12)7-3-4-8(14)9(15)5-7/h3-5,10,13-15H,6,12H2,1-2H3/t10-/m0/s1. The highest BCUT2D eigenvalue weighted by molar-refractivity contribution is 5.41. The zero-order valence-corrected chi connectivity index (χ0v) is 8.94. The summed E-state index contributed by atoms with van der Waals surface area (Å²) in [5.41, 5.74) is 6.17. The Kier molecular flexibility index (Phi) is 3.21. The van der Waals surface area contributed by atoms with Crippen molar-refractivity contribution in [3.05, 3.63) is 23.8 Å². The number of aliphatic hydroxyl groups is 1. The van der Waals surface area contributed by atoms with Crippen LogP contribution in [-0.2, 0) is 0 Å². The van der Waals surface area contributed by atoms with E-state index >= 15 is 0 Å². The van der Waals surface area contributed by atoms with Gasteiger partial charge >= 0.3 is 0 Å². The van der Waals surface area contributed by atoms with Crippen LogP contribution in [0, 0.1) is 5.41 Å². The first-order valence-corrected chi connectivity index (χ1v) is 4.77. The number of hydrogen-bond donors (Lipinski definition) is 4. The molecule has 0 saturated heterocycles. The van der Waals surface area contributed by atoms with Crippen molar-refractivity contribution in [3.8, 4) is 11.5 Å². The molecule has 15 heavy (non-hydrogen) atoms. The molecule has 0 radical (unpaired) electrons. The maximum Gasteiger partial charge on any atom is 0.157 e.